The highest BCUT2D eigenvalue weighted by molar-refractivity contribution is 5.90. The van der Waals surface area contributed by atoms with Gasteiger partial charge in [0.25, 0.3) is 0 Å². The van der Waals surface area contributed by atoms with Crippen LogP contribution in [0.4, 0.5) is 0 Å². The lowest BCUT2D eigenvalue weighted by atomic mass is 10.1. The van der Waals surface area contributed by atoms with Crippen molar-refractivity contribution in [3.8, 4) is 0 Å². The Kier molecular flexibility index (Phi) is 2.36. The third-order valence-corrected chi connectivity index (χ3v) is 4.45. The van der Waals surface area contributed by atoms with Crippen molar-refractivity contribution in [1.82, 2.24) is 19.6 Å². The van der Waals surface area contributed by atoms with Gasteiger partial charge in [-0.25, -0.2) is 14.5 Å². The van der Waals surface area contributed by atoms with Gasteiger partial charge in [-0.15, -0.1) is 5.10 Å². The van der Waals surface area contributed by atoms with E-state index in [0.29, 0.717) is 11.8 Å². The minimum atomic E-state index is 0.432. The summed E-state index contributed by atoms with van der Waals surface area (Å²) in [5, 5.41) is 5.70. The van der Waals surface area contributed by atoms with Crippen LogP contribution in [0, 0.1) is 0 Å². The van der Waals surface area contributed by atoms with Crippen molar-refractivity contribution in [3.63, 3.8) is 0 Å². The number of benzene rings is 2. The van der Waals surface area contributed by atoms with Crippen LogP contribution in [0.2, 0.25) is 0 Å². The zero-order valence-electron chi connectivity index (χ0n) is 11.9. The summed E-state index contributed by atoms with van der Waals surface area (Å²) in [5.41, 5.74) is 3.25. The molecule has 0 N–H and O–H groups in total. The lowest BCUT2D eigenvalue weighted by Gasteiger charge is -1.96. The summed E-state index contributed by atoms with van der Waals surface area (Å²) < 4.78 is 1.80. The first-order valence-electron chi connectivity index (χ1n) is 7.55. The molecule has 4 aromatic rings. The summed E-state index contributed by atoms with van der Waals surface area (Å²) in [6, 6.07) is 18.7. The monoisotopic (exact) mass is 286 g/mol. The molecular weight excluding hydrogens is 272 g/mol. The van der Waals surface area contributed by atoms with E-state index in [1.54, 1.807) is 10.8 Å². The molecule has 4 heteroatoms. The molecule has 4 nitrogen and oxygen atoms in total. The lowest BCUT2D eigenvalue weighted by Crippen LogP contribution is -1.91. The Balaban J connectivity index is 1.58. The number of aromatic nitrogens is 4. The highest BCUT2D eigenvalue weighted by Gasteiger charge is 2.42. The maximum absolute atomic E-state index is 4.79. The zero-order chi connectivity index (χ0) is 14.5. The molecule has 5 rings (SSSR count). The Morgan fingerprint density at radius 1 is 0.909 bits per heavy atom. The molecule has 0 saturated heterocycles. The van der Waals surface area contributed by atoms with Gasteiger partial charge < -0.3 is 0 Å². The summed E-state index contributed by atoms with van der Waals surface area (Å²) in [7, 11) is 0. The fourth-order valence-electron chi connectivity index (χ4n) is 3.20. The van der Waals surface area contributed by atoms with Crippen LogP contribution in [0.3, 0.4) is 0 Å². The Bertz CT molecular complexity index is 974. The average Bonchev–Trinajstić information content (AvgIpc) is 3.27. The van der Waals surface area contributed by atoms with Gasteiger partial charge in [-0.3, -0.25) is 0 Å². The Morgan fingerprint density at radius 3 is 2.64 bits per heavy atom. The standard InChI is InChI=1S/C18H14N4/c1-2-6-12(7-3-1)14-10-15(14)17-20-18-13-8-4-5-9-16(13)19-11-22(18)21-17/h1-9,11,14-15H,10H2/t14-,15-/m0/s1. The van der Waals surface area contributed by atoms with E-state index >= 15 is 0 Å². The second-order valence-electron chi connectivity index (χ2n) is 5.86. The first-order chi connectivity index (χ1) is 10.9. The van der Waals surface area contributed by atoms with Gasteiger partial charge in [0.05, 0.1) is 5.52 Å². The smallest absolute Gasteiger partial charge is 0.166 e. The number of rotatable bonds is 2. The highest BCUT2D eigenvalue weighted by Crippen LogP contribution is 2.53. The zero-order valence-corrected chi connectivity index (χ0v) is 11.9. The van der Waals surface area contributed by atoms with Crippen molar-refractivity contribution in [2.24, 2.45) is 0 Å². The van der Waals surface area contributed by atoms with Crippen LogP contribution < -0.4 is 0 Å². The fraction of sp³-hybridized carbons (Fsp3) is 0.167. The van der Waals surface area contributed by atoms with Gasteiger partial charge in [-0.05, 0) is 30.0 Å². The van der Waals surface area contributed by atoms with Gasteiger partial charge in [0, 0.05) is 11.3 Å². The van der Waals surface area contributed by atoms with Crippen LogP contribution in [0.15, 0.2) is 60.9 Å². The van der Waals surface area contributed by atoms with E-state index in [-0.39, 0.29) is 0 Å². The van der Waals surface area contributed by atoms with Gasteiger partial charge in [0.15, 0.2) is 11.5 Å². The predicted octanol–water partition coefficient (Wildman–Crippen LogP) is 3.55. The molecule has 0 unspecified atom stereocenters. The van der Waals surface area contributed by atoms with Crippen LogP contribution in [-0.2, 0) is 0 Å². The van der Waals surface area contributed by atoms with Gasteiger partial charge in [-0.1, -0.05) is 42.5 Å². The van der Waals surface area contributed by atoms with Crippen LogP contribution in [0.25, 0.3) is 16.6 Å². The molecular formula is C18H14N4. The molecule has 1 saturated carbocycles. The minimum absolute atomic E-state index is 0.432. The Labute approximate surface area is 127 Å². The maximum atomic E-state index is 4.79. The van der Waals surface area contributed by atoms with E-state index in [4.69, 9.17) is 4.98 Å². The van der Waals surface area contributed by atoms with Crippen molar-refractivity contribution in [2.45, 2.75) is 18.3 Å². The first kappa shape index (κ1) is 11.9. The molecule has 0 spiro atoms. The maximum Gasteiger partial charge on any atom is 0.166 e. The van der Waals surface area contributed by atoms with Gasteiger partial charge >= 0.3 is 0 Å². The molecule has 2 heterocycles. The van der Waals surface area contributed by atoms with Crippen LogP contribution >= 0.6 is 0 Å². The van der Waals surface area contributed by atoms with Crippen molar-refractivity contribution >= 4 is 16.6 Å². The van der Waals surface area contributed by atoms with E-state index in [9.17, 15) is 0 Å². The number of hydrogen-bond donors (Lipinski definition) is 0. The number of fused-ring (bicyclic) bond motifs is 3. The molecule has 1 fully saturated rings. The normalized spacial score (nSPS) is 20.5. The third-order valence-electron chi connectivity index (χ3n) is 4.45. The quantitative estimate of drug-likeness (QED) is 0.566. The molecule has 1 aliphatic carbocycles. The summed E-state index contributed by atoms with van der Waals surface area (Å²) in [5.74, 6) is 1.92. The molecule has 2 atom stereocenters. The molecule has 106 valence electrons. The van der Waals surface area contributed by atoms with Gasteiger partial charge in [0.2, 0.25) is 0 Å². The highest BCUT2D eigenvalue weighted by atomic mass is 15.3. The van der Waals surface area contributed by atoms with E-state index in [1.807, 2.05) is 18.2 Å². The SMILES string of the molecule is c1ccc([C@@H]2C[C@@H]2c2nc3c4ccccc4ncn3n2)cc1. The van der Waals surface area contributed by atoms with Crippen molar-refractivity contribution in [3.05, 3.63) is 72.3 Å². The van der Waals surface area contributed by atoms with Crippen molar-refractivity contribution < 1.29 is 0 Å². The molecule has 0 radical (unpaired) electrons. The van der Waals surface area contributed by atoms with Gasteiger partial charge in [-0.2, -0.15) is 0 Å². The molecule has 1 aliphatic rings. The van der Waals surface area contributed by atoms with Crippen LogP contribution in [0.1, 0.15) is 29.6 Å². The predicted molar refractivity (Wildman–Crippen MR) is 84.8 cm³/mol. The lowest BCUT2D eigenvalue weighted by molar-refractivity contribution is 0.850. The molecule has 2 aromatic carbocycles. The fourth-order valence-corrected chi connectivity index (χ4v) is 3.20. The minimum Gasteiger partial charge on any atom is -0.236 e. The molecule has 2 aromatic heterocycles. The Hall–Kier alpha value is -2.75. The topological polar surface area (TPSA) is 43.1 Å². The summed E-state index contributed by atoms with van der Waals surface area (Å²) in [6.07, 6.45) is 2.89. The van der Waals surface area contributed by atoms with Crippen molar-refractivity contribution in [1.29, 1.82) is 0 Å². The average molecular weight is 286 g/mol. The van der Waals surface area contributed by atoms with E-state index in [1.165, 1.54) is 5.56 Å². The second-order valence-corrected chi connectivity index (χ2v) is 5.86. The summed E-state index contributed by atoms with van der Waals surface area (Å²) >= 11 is 0. The molecule has 0 amide bonds. The van der Waals surface area contributed by atoms with E-state index in [2.05, 4.69) is 46.5 Å². The number of para-hydroxylation sites is 1. The van der Waals surface area contributed by atoms with Crippen molar-refractivity contribution in [2.75, 3.05) is 0 Å². The third kappa shape index (κ3) is 1.73. The van der Waals surface area contributed by atoms with E-state index in [0.717, 1.165) is 28.8 Å². The largest absolute Gasteiger partial charge is 0.236 e. The van der Waals surface area contributed by atoms with E-state index < -0.39 is 0 Å². The second kappa shape index (κ2) is 4.37. The Morgan fingerprint density at radius 2 is 1.73 bits per heavy atom. The van der Waals surface area contributed by atoms with Crippen LogP contribution in [0.5, 0.6) is 0 Å². The number of nitrogens with zero attached hydrogens (tertiary/aromatic N) is 4. The molecule has 0 bridgehead atoms. The number of hydrogen-bond acceptors (Lipinski definition) is 3. The first-order valence-corrected chi connectivity index (χ1v) is 7.55. The summed E-state index contributed by atoms with van der Waals surface area (Å²) in [4.78, 5) is 9.23. The van der Waals surface area contributed by atoms with Crippen LogP contribution in [-0.4, -0.2) is 19.6 Å². The summed E-state index contributed by atoms with van der Waals surface area (Å²) in [6.45, 7) is 0. The van der Waals surface area contributed by atoms with Gasteiger partial charge in [0.1, 0.15) is 6.33 Å². The molecule has 0 aliphatic heterocycles. The molecule has 22 heavy (non-hydrogen) atoms.